The van der Waals surface area contributed by atoms with Crippen LogP contribution in [0.2, 0.25) is 0 Å². The summed E-state index contributed by atoms with van der Waals surface area (Å²) < 4.78 is 13.0. The molecule has 0 aliphatic heterocycles. The van der Waals surface area contributed by atoms with Gasteiger partial charge >= 0.3 is 5.97 Å². The van der Waals surface area contributed by atoms with Crippen LogP contribution >= 0.6 is 0 Å². The minimum Gasteiger partial charge on any atom is -0.456 e. The number of carbonyl (C=O) groups is 1. The van der Waals surface area contributed by atoms with Gasteiger partial charge in [0.1, 0.15) is 12.1 Å². The summed E-state index contributed by atoms with van der Waals surface area (Å²) in [5, 5.41) is 0. The molecule has 0 amide bonds. The third-order valence-electron chi connectivity index (χ3n) is 4.20. The third kappa shape index (κ3) is 3.60. The largest absolute Gasteiger partial charge is 0.456 e. The number of benzene rings is 2. The Morgan fingerprint density at radius 1 is 1.15 bits per heavy atom. The molecule has 2 aromatic heterocycles. The standard InChI is InChI=1S/C21H19N3O3/c1-13-6-14(2)8-16(7-13)20-23-18-5-4-15(9-19(18)27-20)21(25)26-11-17-10-24(3)12-22-17/h4-10,12H,11H2,1-3H3. The number of carbonyl (C=O) groups excluding carboxylic acids is 1. The van der Waals surface area contributed by atoms with Crippen molar-refractivity contribution < 1.29 is 13.9 Å². The maximum atomic E-state index is 12.3. The second-order valence-corrected chi connectivity index (χ2v) is 6.68. The lowest BCUT2D eigenvalue weighted by atomic mass is 10.1. The molecule has 0 radical (unpaired) electrons. The molecule has 0 atom stereocenters. The fraction of sp³-hybridized carbons (Fsp3) is 0.190. The van der Waals surface area contributed by atoms with Crippen LogP contribution in [-0.2, 0) is 18.4 Å². The molecule has 0 saturated carbocycles. The highest BCUT2D eigenvalue weighted by Crippen LogP contribution is 2.26. The Labute approximate surface area is 156 Å². The summed E-state index contributed by atoms with van der Waals surface area (Å²) in [5.74, 6) is 0.114. The molecule has 0 aliphatic rings. The number of aryl methyl sites for hydroxylation is 3. The van der Waals surface area contributed by atoms with E-state index in [4.69, 9.17) is 9.15 Å². The number of esters is 1. The molecule has 0 spiro atoms. The summed E-state index contributed by atoms with van der Waals surface area (Å²) in [4.78, 5) is 21.0. The first-order chi connectivity index (χ1) is 13.0. The van der Waals surface area contributed by atoms with Gasteiger partial charge < -0.3 is 13.7 Å². The molecule has 0 bridgehead atoms. The van der Waals surface area contributed by atoms with Crippen LogP contribution in [0.15, 0.2) is 53.3 Å². The molecule has 6 heteroatoms. The van der Waals surface area contributed by atoms with Gasteiger partial charge in [-0.3, -0.25) is 0 Å². The van der Waals surface area contributed by atoms with Crippen LogP contribution in [0.4, 0.5) is 0 Å². The summed E-state index contributed by atoms with van der Waals surface area (Å²) in [6.45, 7) is 4.20. The van der Waals surface area contributed by atoms with Crippen LogP contribution in [0, 0.1) is 13.8 Å². The number of fused-ring (bicyclic) bond motifs is 1. The van der Waals surface area contributed by atoms with Gasteiger partial charge in [-0.2, -0.15) is 0 Å². The Kier molecular flexibility index (Phi) is 4.24. The third-order valence-corrected chi connectivity index (χ3v) is 4.20. The molecule has 6 nitrogen and oxygen atoms in total. The van der Waals surface area contributed by atoms with Crippen LogP contribution in [0.3, 0.4) is 0 Å². The highest BCUT2D eigenvalue weighted by molar-refractivity contribution is 5.93. The minimum absolute atomic E-state index is 0.127. The minimum atomic E-state index is -0.424. The maximum absolute atomic E-state index is 12.3. The number of rotatable bonds is 4. The molecular weight excluding hydrogens is 342 g/mol. The lowest BCUT2D eigenvalue weighted by Gasteiger charge is -2.02. The van der Waals surface area contributed by atoms with E-state index >= 15 is 0 Å². The fourth-order valence-electron chi connectivity index (χ4n) is 3.04. The topological polar surface area (TPSA) is 70.2 Å². The lowest BCUT2D eigenvalue weighted by Crippen LogP contribution is -2.05. The van der Waals surface area contributed by atoms with Crippen molar-refractivity contribution in [1.29, 1.82) is 0 Å². The molecule has 2 heterocycles. The first-order valence-corrected chi connectivity index (χ1v) is 8.61. The predicted molar refractivity (Wildman–Crippen MR) is 101 cm³/mol. The Bertz CT molecular complexity index is 1120. The smallest absolute Gasteiger partial charge is 0.338 e. The molecule has 27 heavy (non-hydrogen) atoms. The number of nitrogens with zero attached hydrogens (tertiary/aromatic N) is 3. The molecule has 0 fully saturated rings. The van der Waals surface area contributed by atoms with Crippen LogP contribution in [0.5, 0.6) is 0 Å². The maximum Gasteiger partial charge on any atom is 0.338 e. The molecular formula is C21H19N3O3. The number of oxazole rings is 1. The SMILES string of the molecule is Cc1cc(C)cc(-c2nc3ccc(C(=O)OCc4cn(C)cn4)cc3o2)c1. The summed E-state index contributed by atoms with van der Waals surface area (Å²) in [5.41, 5.74) is 5.58. The summed E-state index contributed by atoms with van der Waals surface area (Å²) in [6, 6.07) is 11.3. The molecule has 4 rings (SSSR count). The van der Waals surface area contributed by atoms with Gasteiger partial charge in [0, 0.05) is 18.8 Å². The molecule has 4 aromatic rings. The van der Waals surface area contributed by atoms with Gasteiger partial charge in [-0.25, -0.2) is 14.8 Å². The molecule has 2 aromatic carbocycles. The summed E-state index contributed by atoms with van der Waals surface area (Å²) >= 11 is 0. The molecule has 0 N–H and O–H groups in total. The number of hydrogen-bond acceptors (Lipinski definition) is 5. The van der Waals surface area contributed by atoms with Crippen LogP contribution in [0.25, 0.3) is 22.6 Å². The first-order valence-electron chi connectivity index (χ1n) is 8.61. The quantitative estimate of drug-likeness (QED) is 0.510. The van der Waals surface area contributed by atoms with Crippen LogP contribution < -0.4 is 0 Å². The Morgan fingerprint density at radius 2 is 1.93 bits per heavy atom. The first kappa shape index (κ1) is 17.0. The molecule has 0 unspecified atom stereocenters. The second kappa shape index (κ2) is 6.72. The average Bonchev–Trinajstić information content (AvgIpc) is 3.24. The zero-order valence-electron chi connectivity index (χ0n) is 15.4. The van der Waals surface area contributed by atoms with Crippen molar-refractivity contribution in [3.8, 4) is 11.5 Å². The van der Waals surface area contributed by atoms with Gasteiger partial charge in [-0.05, 0) is 44.2 Å². The van der Waals surface area contributed by atoms with Crippen molar-refractivity contribution >= 4 is 17.1 Å². The number of aromatic nitrogens is 3. The zero-order valence-corrected chi connectivity index (χ0v) is 15.4. The van der Waals surface area contributed by atoms with Crippen molar-refractivity contribution in [1.82, 2.24) is 14.5 Å². The van der Waals surface area contributed by atoms with E-state index in [1.807, 2.05) is 39.2 Å². The van der Waals surface area contributed by atoms with Gasteiger partial charge in [0.25, 0.3) is 0 Å². The van der Waals surface area contributed by atoms with Crippen molar-refractivity contribution in [2.45, 2.75) is 20.5 Å². The highest BCUT2D eigenvalue weighted by atomic mass is 16.5. The van der Waals surface area contributed by atoms with E-state index < -0.39 is 5.97 Å². The Balaban J connectivity index is 1.57. The number of hydrogen-bond donors (Lipinski definition) is 0. The summed E-state index contributed by atoms with van der Waals surface area (Å²) in [6.07, 6.45) is 3.47. The average molecular weight is 361 g/mol. The van der Waals surface area contributed by atoms with Gasteiger partial charge in [-0.1, -0.05) is 17.2 Å². The second-order valence-electron chi connectivity index (χ2n) is 6.68. The van der Waals surface area contributed by atoms with E-state index in [2.05, 4.69) is 16.0 Å². The van der Waals surface area contributed by atoms with Crippen LogP contribution in [0.1, 0.15) is 27.2 Å². The zero-order chi connectivity index (χ0) is 19.0. The van der Waals surface area contributed by atoms with E-state index in [9.17, 15) is 4.79 Å². The van der Waals surface area contributed by atoms with Crippen LogP contribution in [-0.4, -0.2) is 20.5 Å². The monoisotopic (exact) mass is 361 g/mol. The van der Waals surface area contributed by atoms with Crippen molar-refractivity contribution in [2.24, 2.45) is 7.05 Å². The summed E-state index contributed by atoms with van der Waals surface area (Å²) in [7, 11) is 1.86. The van der Waals surface area contributed by atoms with Crippen molar-refractivity contribution in [3.63, 3.8) is 0 Å². The van der Waals surface area contributed by atoms with Gasteiger partial charge in [0.15, 0.2) is 5.58 Å². The molecule has 0 saturated heterocycles. The Hall–Kier alpha value is -3.41. The highest BCUT2D eigenvalue weighted by Gasteiger charge is 2.14. The number of ether oxygens (including phenoxy) is 1. The normalized spacial score (nSPS) is 11.1. The van der Waals surface area contributed by atoms with E-state index in [0.29, 0.717) is 28.2 Å². The number of imidazole rings is 1. The Morgan fingerprint density at radius 3 is 2.63 bits per heavy atom. The molecule has 136 valence electrons. The van der Waals surface area contributed by atoms with E-state index in [-0.39, 0.29) is 6.61 Å². The van der Waals surface area contributed by atoms with Crippen molar-refractivity contribution in [3.05, 3.63) is 71.3 Å². The van der Waals surface area contributed by atoms with E-state index in [1.54, 1.807) is 29.1 Å². The van der Waals surface area contributed by atoms with Crippen molar-refractivity contribution in [2.75, 3.05) is 0 Å². The lowest BCUT2D eigenvalue weighted by molar-refractivity contribution is 0.0468. The van der Waals surface area contributed by atoms with Gasteiger partial charge in [0.05, 0.1) is 17.6 Å². The predicted octanol–water partition coefficient (Wildman–Crippen LogP) is 4.20. The van der Waals surface area contributed by atoms with Gasteiger partial charge in [0.2, 0.25) is 5.89 Å². The van der Waals surface area contributed by atoms with Gasteiger partial charge in [-0.15, -0.1) is 0 Å². The molecule has 0 aliphatic carbocycles. The van der Waals surface area contributed by atoms with E-state index in [1.165, 1.54) is 0 Å². The fourth-order valence-corrected chi connectivity index (χ4v) is 3.04. The van der Waals surface area contributed by atoms with E-state index in [0.717, 1.165) is 16.7 Å².